The second-order valence-corrected chi connectivity index (χ2v) is 10.1. The molecule has 0 aromatic heterocycles. The first kappa shape index (κ1) is 26.4. The van der Waals surface area contributed by atoms with E-state index in [0.717, 1.165) is 6.26 Å². The Kier molecular flexibility index (Phi) is 8.63. The summed E-state index contributed by atoms with van der Waals surface area (Å²) >= 11 is 0. The third-order valence-electron chi connectivity index (χ3n) is 4.90. The fraction of sp³-hybridized carbons (Fsp3) is 0.391. The molecule has 0 saturated carbocycles. The molecule has 0 heterocycles. The Hall–Kier alpha value is -2.90. The number of alkyl halides is 3. The molecule has 2 aromatic rings. The van der Waals surface area contributed by atoms with Gasteiger partial charge in [0.25, 0.3) is 0 Å². The summed E-state index contributed by atoms with van der Waals surface area (Å²) in [6, 6.07) is 10.1. The number of carbonyl (C=O) groups excluding carboxylic acids is 1. The van der Waals surface area contributed by atoms with Gasteiger partial charge in [-0.2, -0.15) is 18.4 Å². The van der Waals surface area contributed by atoms with Gasteiger partial charge in [-0.3, -0.25) is 10.1 Å². The minimum absolute atomic E-state index is 0.0658. The van der Waals surface area contributed by atoms with Gasteiger partial charge in [0.1, 0.15) is 12.6 Å². The van der Waals surface area contributed by atoms with Gasteiger partial charge in [-0.15, -0.1) is 0 Å². The number of nitrogens with one attached hydrogen (secondary N) is 2. The molecule has 0 saturated heterocycles. The number of halogens is 3. The average Bonchev–Trinajstić information content (AvgIpc) is 2.73. The predicted molar refractivity (Wildman–Crippen MR) is 119 cm³/mol. The van der Waals surface area contributed by atoms with Crippen molar-refractivity contribution in [3.8, 4) is 17.2 Å². The molecular weight excluding hydrogens is 455 g/mol. The first-order valence-corrected chi connectivity index (χ1v) is 12.1. The van der Waals surface area contributed by atoms with Crippen LogP contribution in [-0.4, -0.2) is 39.3 Å². The molecule has 178 valence electrons. The van der Waals surface area contributed by atoms with E-state index in [9.17, 15) is 26.4 Å². The minimum Gasteiger partial charge on any atom is -0.342 e. The molecule has 2 aromatic carbocycles. The highest BCUT2D eigenvalue weighted by Gasteiger charge is 2.43. The fourth-order valence-electron chi connectivity index (χ4n) is 3.35. The summed E-state index contributed by atoms with van der Waals surface area (Å²) in [6.45, 7) is 3.27. The van der Waals surface area contributed by atoms with Gasteiger partial charge in [-0.05, 0) is 47.2 Å². The van der Waals surface area contributed by atoms with Crippen molar-refractivity contribution < 1.29 is 26.4 Å². The van der Waals surface area contributed by atoms with Crippen LogP contribution >= 0.6 is 0 Å². The van der Waals surface area contributed by atoms with Gasteiger partial charge >= 0.3 is 6.18 Å². The first-order valence-electron chi connectivity index (χ1n) is 10.2. The topological polar surface area (TPSA) is 99.1 Å². The van der Waals surface area contributed by atoms with Gasteiger partial charge in [0.05, 0.1) is 17.0 Å². The molecule has 2 rings (SSSR count). The molecule has 10 heteroatoms. The lowest BCUT2D eigenvalue weighted by atomic mass is 9.97. The first-order chi connectivity index (χ1) is 15.3. The van der Waals surface area contributed by atoms with Crippen LogP contribution < -0.4 is 10.6 Å². The molecule has 0 aliphatic heterocycles. The highest BCUT2D eigenvalue weighted by atomic mass is 32.2. The average molecular weight is 482 g/mol. The molecule has 2 N–H and O–H groups in total. The number of sulfone groups is 1. The second kappa shape index (κ2) is 10.8. The van der Waals surface area contributed by atoms with Crippen molar-refractivity contribution in [1.82, 2.24) is 10.6 Å². The van der Waals surface area contributed by atoms with Gasteiger partial charge in [-0.25, -0.2) is 8.42 Å². The summed E-state index contributed by atoms with van der Waals surface area (Å²) in [7, 11) is -3.40. The van der Waals surface area contributed by atoms with E-state index in [1.807, 2.05) is 0 Å². The smallest absolute Gasteiger partial charge is 0.342 e. The van der Waals surface area contributed by atoms with E-state index < -0.39 is 34.0 Å². The zero-order valence-corrected chi connectivity index (χ0v) is 19.3. The summed E-state index contributed by atoms with van der Waals surface area (Å²) in [5, 5.41) is 13.4. The van der Waals surface area contributed by atoms with Gasteiger partial charge in [-0.1, -0.05) is 44.2 Å². The number of nitriles is 1. The summed E-state index contributed by atoms with van der Waals surface area (Å²) in [4.78, 5) is 12.5. The van der Waals surface area contributed by atoms with Crippen LogP contribution in [0.4, 0.5) is 13.2 Å². The molecule has 1 amide bonds. The monoisotopic (exact) mass is 481 g/mol. The van der Waals surface area contributed by atoms with Crippen LogP contribution in [0.15, 0.2) is 53.4 Å². The Morgan fingerprint density at radius 3 is 2.24 bits per heavy atom. The van der Waals surface area contributed by atoms with E-state index in [0.29, 0.717) is 11.1 Å². The number of hydrogen-bond donors (Lipinski definition) is 2. The lowest BCUT2D eigenvalue weighted by Gasteiger charge is -2.28. The number of amides is 1. The lowest BCUT2D eigenvalue weighted by Crippen LogP contribution is -2.49. The second-order valence-electron chi connectivity index (χ2n) is 8.12. The maximum atomic E-state index is 14.0. The summed E-state index contributed by atoms with van der Waals surface area (Å²) in [5.74, 6) is -0.740. The third-order valence-corrected chi connectivity index (χ3v) is 6.02. The van der Waals surface area contributed by atoms with E-state index in [1.54, 1.807) is 26.0 Å². The molecule has 0 aliphatic rings. The van der Waals surface area contributed by atoms with Crippen molar-refractivity contribution in [2.24, 2.45) is 5.92 Å². The Bertz CT molecular complexity index is 1110. The number of carbonyl (C=O) groups is 1. The SMILES string of the molecule is CC(C)CC(NC(c1cccc(-c2ccc(S(C)(=O)=O)cc2)c1)C(F)(F)F)C(=O)NCC#N. The molecule has 0 radical (unpaired) electrons. The van der Waals surface area contributed by atoms with Crippen molar-refractivity contribution >= 4 is 15.7 Å². The number of hydrogen-bond acceptors (Lipinski definition) is 5. The predicted octanol–water partition coefficient (Wildman–Crippen LogP) is 4.00. The molecule has 2 atom stereocenters. The molecule has 0 spiro atoms. The van der Waals surface area contributed by atoms with Crippen LogP contribution in [0.1, 0.15) is 31.9 Å². The van der Waals surface area contributed by atoms with E-state index in [-0.39, 0.29) is 29.3 Å². The highest BCUT2D eigenvalue weighted by Crippen LogP contribution is 2.35. The highest BCUT2D eigenvalue weighted by molar-refractivity contribution is 7.90. The van der Waals surface area contributed by atoms with Crippen molar-refractivity contribution in [1.29, 1.82) is 5.26 Å². The third kappa shape index (κ3) is 7.58. The molecular formula is C23H26F3N3O3S. The fourth-order valence-corrected chi connectivity index (χ4v) is 3.98. The van der Waals surface area contributed by atoms with Crippen LogP contribution in [-0.2, 0) is 14.6 Å². The zero-order chi connectivity index (χ0) is 24.8. The Labute approximate surface area is 191 Å². The lowest BCUT2D eigenvalue weighted by molar-refractivity contribution is -0.161. The Balaban J connectivity index is 2.40. The van der Waals surface area contributed by atoms with Gasteiger partial charge in [0.2, 0.25) is 5.91 Å². The molecule has 0 aliphatic carbocycles. The van der Waals surface area contributed by atoms with E-state index >= 15 is 0 Å². The molecule has 33 heavy (non-hydrogen) atoms. The minimum atomic E-state index is -4.69. The van der Waals surface area contributed by atoms with E-state index in [2.05, 4.69) is 10.6 Å². The van der Waals surface area contributed by atoms with Crippen LogP contribution in [0.25, 0.3) is 11.1 Å². The van der Waals surface area contributed by atoms with Gasteiger partial charge < -0.3 is 5.32 Å². The van der Waals surface area contributed by atoms with Crippen molar-refractivity contribution in [3.05, 3.63) is 54.1 Å². The van der Waals surface area contributed by atoms with Crippen molar-refractivity contribution in [2.45, 2.75) is 43.4 Å². The van der Waals surface area contributed by atoms with Crippen LogP contribution in [0, 0.1) is 17.2 Å². The van der Waals surface area contributed by atoms with Gasteiger partial charge in [0, 0.05) is 6.26 Å². The molecule has 0 bridgehead atoms. The maximum Gasteiger partial charge on any atom is 0.407 e. The maximum absolute atomic E-state index is 14.0. The number of nitrogens with zero attached hydrogens (tertiary/aromatic N) is 1. The van der Waals surface area contributed by atoms with E-state index in [4.69, 9.17) is 5.26 Å². The van der Waals surface area contributed by atoms with E-state index in [1.165, 1.54) is 42.5 Å². The summed E-state index contributed by atoms with van der Waals surface area (Å²) in [6.07, 6.45) is -3.47. The quantitative estimate of drug-likeness (QED) is 0.528. The van der Waals surface area contributed by atoms with Crippen molar-refractivity contribution in [3.63, 3.8) is 0 Å². The largest absolute Gasteiger partial charge is 0.407 e. The number of benzene rings is 2. The summed E-state index contributed by atoms with van der Waals surface area (Å²) in [5.41, 5.74) is 0.933. The molecule has 2 unspecified atom stereocenters. The van der Waals surface area contributed by atoms with Crippen LogP contribution in [0.3, 0.4) is 0 Å². The summed E-state index contributed by atoms with van der Waals surface area (Å²) < 4.78 is 65.4. The van der Waals surface area contributed by atoms with Crippen LogP contribution in [0.5, 0.6) is 0 Å². The van der Waals surface area contributed by atoms with Gasteiger partial charge in [0.15, 0.2) is 9.84 Å². The molecule has 0 fully saturated rings. The standard InChI is InChI=1S/C23H26F3N3O3S/c1-15(2)13-20(22(30)28-12-11-27)29-21(23(24,25)26)18-6-4-5-17(14-18)16-7-9-19(10-8-16)33(3,31)32/h4-10,14-15,20-21,29H,12-13H2,1-3H3,(H,28,30). The van der Waals surface area contributed by atoms with Crippen LogP contribution in [0.2, 0.25) is 0 Å². The number of rotatable bonds is 9. The normalized spacial score (nSPS) is 13.9. The Morgan fingerprint density at radius 1 is 1.09 bits per heavy atom. The van der Waals surface area contributed by atoms with Crippen molar-refractivity contribution in [2.75, 3.05) is 12.8 Å². The Morgan fingerprint density at radius 2 is 1.73 bits per heavy atom. The molecule has 6 nitrogen and oxygen atoms in total. The zero-order valence-electron chi connectivity index (χ0n) is 18.5.